The molecule has 23 heavy (non-hydrogen) atoms. The zero-order valence-corrected chi connectivity index (χ0v) is 13.6. The van der Waals surface area contributed by atoms with Crippen molar-refractivity contribution >= 4 is 11.8 Å². The Balaban J connectivity index is 1.71. The maximum Gasteiger partial charge on any atom is 0.239 e. The van der Waals surface area contributed by atoms with Crippen molar-refractivity contribution in [3.63, 3.8) is 0 Å². The van der Waals surface area contributed by atoms with Crippen LogP contribution in [-0.2, 0) is 22.6 Å². The molecular weight excluding hydrogens is 288 g/mol. The van der Waals surface area contributed by atoms with Crippen molar-refractivity contribution in [2.24, 2.45) is 0 Å². The Bertz CT molecular complexity index is 678. The number of aryl methyl sites for hydroxylation is 2. The Labute approximate surface area is 136 Å². The van der Waals surface area contributed by atoms with Crippen molar-refractivity contribution in [2.45, 2.75) is 26.8 Å². The third kappa shape index (κ3) is 5.94. The highest BCUT2D eigenvalue weighted by Gasteiger charge is 2.06. The van der Waals surface area contributed by atoms with Gasteiger partial charge in [-0.25, -0.2) is 0 Å². The molecule has 2 rings (SSSR count). The number of carbonyl (C=O) groups is 2. The predicted octanol–water partition coefficient (Wildman–Crippen LogP) is 2.28. The van der Waals surface area contributed by atoms with E-state index in [9.17, 15) is 9.59 Å². The van der Waals surface area contributed by atoms with Gasteiger partial charge in [-0.3, -0.25) is 9.59 Å². The minimum atomic E-state index is -0.192. The Morgan fingerprint density at radius 3 is 2.26 bits per heavy atom. The molecule has 2 amide bonds. The van der Waals surface area contributed by atoms with Gasteiger partial charge in [0.2, 0.25) is 11.8 Å². The van der Waals surface area contributed by atoms with Crippen molar-refractivity contribution < 1.29 is 9.59 Å². The summed E-state index contributed by atoms with van der Waals surface area (Å²) in [6.45, 7) is 4.47. The molecule has 0 atom stereocenters. The fourth-order valence-corrected chi connectivity index (χ4v) is 2.22. The van der Waals surface area contributed by atoms with Crippen LogP contribution in [0, 0.1) is 13.8 Å². The van der Waals surface area contributed by atoms with E-state index in [0.29, 0.717) is 6.54 Å². The minimum absolute atomic E-state index is 0.00346. The van der Waals surface area contributed by atoms with Gasteiger partial charge in [-0.1, -0.05) is 59.7 Å². The van der Waals surface area contributed by atoms with E-state index >= 15 is 0 Å². The van der Waals surface area contributed by atoms with Gasteiger partial charge in [0.1, 0.15) is 0 Å². The van der Waals surface area contributed by atoms with Crippen molar-refractivity contribution in [3.05, 3.63) is 70.8 Å². The zero-order valence-electron chi connectivity index (χ0n) is 13.6. The van der Waals surface area contributed by atoms with Crippen LogP contribution in [0.3, 0.4) is 0 Å². The minimum Gasteiger partial charge on any atom is -0.350 e. The molecular formula is C19H22N2O2. The molecule has 2 aromatic rings. The second-order valence-corrected chi connectivity index (χ2v) is 5.70. The molecule has 0 aliphatic rings. The molecule has 0 radical (unpaired) electrons. The molecule has 120 valence electrons. The summed E-state index contributed by atoms with van der Waals surface area (Å²) in [6.07, 6.45) is 0.285. The van der Waals surface area contributed by atoms with E-state index in [-0.39, 0.29) is 24.8 Å². The van der Waals surface area contributed by atoms with E-state index in [4.69, 9.17) is 0 Å². The molecule has 0 aliphatic carbocycles. The number of amides is 2. The Morgan fingerprint density at radius 1 is 0.826 bits per heavy atom. The molecule has 0 saturated carbocycles. The quantitative estimate of drug-likeness (QED) is 0.860. The van der Waals surface area contributed by atoms with Gasteiger partial charge in [-0.2, -0.15) is 0 Å². The van der Waals surface area contributed by atoms with E-state index in [0.717, 1.165) is 16.7 Å². The van der Waals surface area contributed by atoms with Gasteiger partial charge in [-0.15, -0.1) is 0 Å². The summed E-state index contributed by atoms with van der Waals surface area (Å²) in [5, 5.41) is 5.44. The molecule has 0 bridgehead atoms. The molecule has 0 heterocycles. The highest BCUT2D eigenvalue weighted by molar-refractivity contribution is 5.85. The van der Waals surface area contributed by atoms with Crippen LogP contribution in [-0.4, -0.2) is 18.4 Å². The molecule has 0 aliphatic heterocycles. The van der Waals surface area contributed by atoms with Crippen molar-refractivity contribution in [2.75, 3.05) is 6.54 Å². The zero-order chi connectivity index (χ0) is 16.7. The van der Waals surface area contributed by atoms with Crippen LogP contribution in [0.5, 0.6) is 0 Å². The van der Waals surface area contributed by atoms with Gasteiger partial charge in [-0.05, 0) is 25.0 Å². The third-order valence-corrected chi connectivity index (χ3v) is 3.50. The number of nitrogens with one attached hydrogen (secondary N) is 2. The maximum atomic E-state index is 11.8. The van der Waals surface area contributed by atoms with E-state index in [2.05, 4.69) is 10.6 Å². The van der Waals surface area contributed by atoms with E-state index in [1.807, 2.05) is 62.4 Å². The van der Waals surface area contributed by atoms with Crippen molar-refractivity contribution in [1.82, 2.24) is 10.6 Å². The number of benzene rings is 2. The number of rotatable bonds is 6. The van der Waals surface area contributed by atoms with Crippen LogP contribution in [0.2, 0.25) is 0 Å². The van der Waals surface area contributed by atoms with Gasteiger partial charge >= 0.3 is 0 Å². The first kappa shape index (κ1) is 16.7. The van der Waals surface area contributed by atoms with E-state index in [1.54, 1.807) is 0 Å². The second-order valence-electron chi connectivity index (χ2n) is 5.70. The molecule has 2 aromatic carbocycles. The first-order valence-electron chi connectivity index (χ1n) is 7.67. The summed E-state index contributed by atoms with van der Waals surface area (Å²) < 4.78 is 0. The lowest BCUT2D eigenvalue weighted by atomic mass is 10.1. The molecule has 4 nitrogen and oxygen atoms in total. The highest BCUT2D eigenvalue weighted by atomic mass is 16.2. The van der Waals surface area contributed by atoms with Gasteiger partial charge in [0, 0.05) is 6.54 Å². The monoisotopic (exact) mass is 310 g/mol. The van der Waals surface area contributed by atoms with Gasteiger partial charge < -0.3 is 10.6 Å². The van der Waals surface area contributed by atoms with Gasteiger partial charge in [0.25, 0.3) is 0 Å². The second kappa shape index (κ2) is 8.13. The molecule has 0 aromatic heterocycles. The van der Waals surface area contributed by atoms with E-state index < -0.39 is 0 Å². The van der Waals surface area contributed by atoms with Crippen molar-refractivity contribution in [3.8, 4) is 0 Å². The summed E-state index contributed by atoms with van der Waals surface area (Å²) in [4.78, 5) is 23.6. The summed E-state index contributed by atoms with van der Waals surface area (Å²) >= 11 is 0. The first-order valence-corrected chi connectivity index (χ1v) is 7.67. The van der Waals surface area contributed by atoms with Crippen LogP contribution in [0.15, 0.2) is 48.5 Å². The fourth-order valence-electron chi connectivity index (χ4n) is 2.22. The third-order valence-electron chi connectivity index (χ3n) is 3.50. The molecule has 2 N–H and O–H groups in total. The molecule has 0 saturated heterocycles. The number of hydrogen-bond donors (Lipinski definition) is 2. The summed E-state index contributed by atoms with van der Waals surface area (Å²) in [5.41, 5.74) is 4.28. The fraction of sp³-hybridized carbons (Fsp3) is 0.263. The summed E-state index contributed by atoms with van der Waals surface area (Å²) in [6, 6.07) is 15.8. The van der Waals surface area contributed by atoms with Gasteiger partial charge in [0.15, 0.2) is 0 Å². The van der Waals surface area contributed by atoms with Crippen LogP contribution in [0.4, 0.5) is 0 Å². The highest BCUT2D eigenvalue weighted by Crippen LogP contribution is 2.04. The lowest BCUT2D eigenvalue weighted by molar-refractivity contribution is -0.125. The van der Waals surface area contributed by atoms with Crippen molar-refractivity contribution in [1.29, 1.82) is 0 Å². The molecule has 0 fully saturated rings. The normalized spacial score (nSPS) is 10.2. The average molecular weight is 310 g/mol. The average Bonchev–Trinajstić information content (AvgIpc) is 2.52. The SMILES string of the molecule is Cc1ccc(CNC(=O)CNC(=O)Cc2cccc(C)c2)cc1. The Hall–Kier alpha value is -2.62. The smallest absolute Gasteiger partial charge is 0.239 e. The molecule has 0 unspecified atom stereocenters. The number of hydrogen-bond acceptors (Lipinski definition) is 2. The lowest BCUT2D eigenvalue weighted by Crippen LogP contribution is -2.37. The van der Waals surface area contributed by atoms with Crippen LogP contribution in [0.1, 0.15) is 22.3 Å². The topological polar surface area (TPSA) is 58.2 Å². The lowest BCUT2D eigenvalue weighted by Gasteiger charge is -2.08. The number of carbonyl (C=O) groups excluding carboxylic acids is 2. The van der Waals surface area contributed by atoms with Crippen LogP contribution < -0.4 is 10.6 Å². The van der Waals surface area contributed by atoms with Crippen LogP contribution >= 0.6 is 0 Å². The largest absolute Gasteiger partial charge is 0.350 e. The first-order chi connectivity index (χ1) is 11.0. The summed E-state index contributed by atoms with van der Waals surface area (Å²) in [5.74, 6) is -0.343. The molecule has 4 heteroatoms. The predicted molar refractivity (Wildman–Crippen MR) is 90.9 cm³/mol. The van der Waals surface area contributed by atoms with Crippen LogP contribution in [0.25, 0.3) is 0 Å². The van der Waals surface area contributed by atoms with E-state index in [1.165, 1.54) is 5.56 Å². The molecule has 0 spiro atoms. The Kier molecular flexibility index (Phi) is 5.92. The summed E-state index contributed by atoms with van der Waals surface area (Å²) in [7, 11) is 0. The van der Waals surface area contributed by atoms with Gasteiger partial charge in [0.05, 0.1) is 13.0 Å². The maximum absolute atomic E-state index is 11.8. The standard InChI is InChI=1S/C19H22N2O2/c1-14-6-8-16(9-7-14)12-20-19(23)13-21-18(22)11-17-5-3-4-15(2)10-17/h3-10H,11-13H2,1-2H3,(H,20,23)(H,21,22). The Morgan fingerprint density at radius 2 is 1.57 bits per heavy atom.